The highest BCUT2D eigenvalue weighted by molar-refractivity contribution is 5.75. The van der Waals surface area contributed by atoms with E-state index < -0.39 is 11.9 Å². The molecule has 0 heterocycles. The highest BCUT2D eigenvalue weighted by atomic mass is 16.5. The van der Waals surface area contributed by atoms with Crippen molar-refractivity contribution in [3.8, 4) is 0 Å². The van der Waals surface area contributed by atoms with E-state index in [-0.39, 0.29) is 0 Å². The summed E-state index contributed by atoms with van der Waals surface area (Å²) < 4.78 is 10.2. The first kappa shape index (κ1) is 14.7. The van der Waals surface area contributed by atoms with Crippen LogP contribution >= 0.6 is 0 Å². The Morgan fingerprint density at radius 1 is 1.22 bits per heavy atom. The highest BCUT2D eigenvalue weighted by Gasteiger charge is 2.18. The Balaban J connectivity index is 2.34. The van der Waals surface area contributed by atoms with E-state index in [0.29, 0.717) is 26.2 Å². The fraction of sp³-hybridized carbons (Fsp3) is 0.500. The van der Waals surface area contributed by atoms with Gasteiger partial charge in [-0.2, -0.15) is 0 Å². The third-order valence-corrected chi connectivity index (χ3v) is 2.71. The number of carbonyl (C=O) groups is 1. The smallest absolute Gasteiger partial charge is 0.310 e. The Labute approximate surface area is 108 Å². The van der Waals surface area contributed by atoms with Gasteiger partial charge in [0.2, 0.25) is 0 Å². The number of carboxylic acid groups (broad SMARTS) is 1. The summed E-state index contributed by atoms with van der Waals surface area (Å²) in [7, 11) is 1.62. The van der Waals surface area contributed by atoms with Gasteiger partial charge in [0.25, 0.3) is 0 Å². The average molecular weight is 252 g/mol. The van der Waals surface area contributed by atoms with Gasteiger partial charge in [0.05, 0.1) is 19.1 Å². The molecule has 1 aromatic carbocycles. The fourth-order valence-corrected chi connectivity index (χ4v) is 1.75. The van der Waals surface area contributed by atoms with Crippen LogP contribution in [0.2, 0.25) is 0 Å². The van der Waals surface area contributed by atoms with Crippen LogP contribution < -0.4 is 0 Å². The number of methoxy groups -OCH3 is 1. The first-order chi connectivity index (χ1) is 8.75. The quantitative estimate of drug-likeness (QED) is 0.685. The van der Waals surface area contributed by atoms with Crippen LogP contribution in [0.5, 0.6) is 0 Å². The average Bonchev–Trinajstić information content (AvgIpc) is 2.38. The Kier molecular flexibility index (Phi) is 7.06. The van der Waals surface area contributed by atoms with Crippen LogP contribution in [0.3, 0.4) is 0 Å². The monoisotopic (exact) mass is 252 g/mol. The molecule has 4 nitrogen and oxygen atoms in total. The molecule has 0 saturated carbocycles. The summed E-state index contributed by atoms with van der Waals surface area (Å²) in [6.45, 7) is 1.70. The molecule has 1 aromatic rings. The van der Waals surface area contributed by atoms with Crippen molar-refractivity contribution in [2.75, 3.05) is 26.9 Å². The van der Waals surface area contributed by atoms with Crippen molar-refractivity contribution in [3.63, 3.8) is 0 Å². The predicted octanol–water partition coefficient (Wildman–Crippen LogP) is 2.30. The lowest BCUT2D eigenvalue weighted by Gasteiger charge is -2.12. The predicted molar refractivity (Wildman–Crippen MR) is 68.7 cm³/mol. The van der Waals surface area contributed by atoms with Crippen LogP contribution in [0, 0.1) is 0 Å². The van der Waals surface area contributed by atoms with Crippen molar-refractivity contribution in [3.05, 3.63) is 35.9 Å². The molecule has 0 spiro atoms. The molecule has 0 amide bonds. The lowest BCUT2D eigenvalue weighted by Crippen LogP contribution is -2.13. The molecule has 100 valence electrons. The van der Waals surface area contributed by atoms with E-state index in [4.69, 9.17) is 9.47 Å². The van der Waals surface area contributed by atoms with Crippen molar-refractivity contribution < 1.29 is 19.4 Å². The minimum absolute atomic E-state index is 0.447. The number of hydrogen-bond acceptors (Lipinski definition) is 3. The summed E-state index contributed by atoms with van der Waals surface area (Å²) in [4.78, 5) is 11.2. The van der Waals surface area contributed by atoms with E-state index in [1.165, 1.54) is 0 Å². The molecule has 1 N–H and O–H groups in total. The molecular weight excluding hydrogens is 232 g/mol. The third kappa shape index (κ3) is 5.29. The molecule has 0 bridgehead atoms. The second-order valence-corrected chi connectivity index (χ2v) is 4.05. The molecule has 4 heteroatoms. The molecule has 0 radical (unpaired) electrons. The van der Waals surface area contributed by atoms with Crippen molar-refractivity contribution in [1.82, 2.24) is 0 Å². The normalized spacial score (nSPS) is 12.3. The zero-order valence-electron chi connectivity index (χ0n) is 10.7. The van der Waals surface area contributed by atoms with E-state index >= 15 is 0 Å². The maximum Gasteiger partial charge on any atom is 0.310 e. The van der Waals surface area contributed by atoms with Gasteiger partial charge in [-0.3, -0.25) is 4.79 Å². The molecular formula is C14H20O4. The van der Waals surface area contributed by atoms with E-state index in [0.717, 1.165) is 12.0 Å². The van der Waals surface area contributed by atoms with Gasteiger partial charge in [0.15, 0.2) is 0 Å². The SMILES string of the molecule is COCCOCCCC(C(=O)O)c1ccccc1. The number of carboxylic acids is 1. The van der Waals surface area contributed by atoms with Gasteiger partial charge in [-0.1, -0.05) is 30.3 Å². The molecule has 0 aromatic heterocycles. The summed E-state index contributed by atoms with van der Waals surface area (Å²) in [5.74, 6) is -1.23. The Hall–Kier alpha value is -1.39. The summed E-state index contributed by atoms with van der Waals surface area (Å²) >= 11 is 0. The first-order valence-electron chi connectivity index (χ1n) is 6.10. The van der Waals surface area contributed by atoms with Crippen LogP contribution in [-0.4, -0.2) is 38.0 Å². The lowest BCUT2D eigenvalue weighted by molar-refractivity contribution is -0.139. The highest BCUT2D eigenvalue weighted by Crippen LogP contribution is 2.21. The Morgan fingerprint density at radius 2 is 1.94 bits per heavy atom. The zero-order valence-corrected chi connectivity index (χ0v) is 10.7. The Morgan fingerprint density at radius 3 is 2.56 bits per heavy atom. The zero-order chi connectivity index (χ0) is 13.2. The fourth-order valence-electron chi connectivity index (χ4n) is 1.75. The number of hydrogen-bond donors (Lipinski definition) is 1. The van der Waals surface area contributed by atoms with Gasteiger partial charge < -0.3 is 14.6 Å². The largest absolute Gasteiger partial charge is 0.481 e. The van der Waals surface area contributed by atoms with E-state index in [1.807, 2.05) is 30.3 Å². The molecule has 0 fully saturated rings. The van der Waals surface area contributed by atoms with Gasteiger partial charge >= 0.3 is 5.97 Å². The summed E-state index contributed by atoms with van der Waals surface area (Å²) in [6.07, 6.45) is 1.32. The van der Waals surface area contributed by atoms with Crippen molar-refractivity contribution in [2.45, 2.75) is 18.8 Å². The second kappa shape index (κ2) is 8.66. The van der Waals surface area contributed by atoms with Crippen molar-refractivity contribution in [1.29, 1.82) is 0 Å². The molecule has 0 aliphatic heterocycles. The Bertz CT molecular complexity index is 337. The minimum Gasteiger partial charge on any atom is -0.481 e. The number of aliphatic carboxylic acids is 1. The molecule has 18 heavy (non-hydrogen) atoms. The van der Waals surface area contributed by atoms with Crippen LogP contribution in [0.25, 0.3) is 0 Å². The van der Waals surface area contributed by atoms with Crippen LogP contribution in [0.1, 0.15) is 24.3 Å². The first-order valence-corrected chi connectivity index (χ1v) is 6.10. The number of benzene rings is 1. The molecule has 1 atom stereocenters. The summed E-state index contributed by atoms with van der Waals surface area (Å²) in [5, 5.41) is 9.21. The molecule has 1 unspecified atom stereocenters. The van der Waals surface area contributed by atoms with Crippen LogP contribution in [0.15, 0.2) is 30.3 Å². The number of rotatable bonds is 9. The van der Waals surface area contributed by atoms with Crippen molar-refractivity contribution in [2.24, 2.45) is 0 Å². The maximum atomic E-state index is 11.2. The lowest BCUT2D eigenvalue weighted by atomic mass is 9.95. The van der Waals surface area contributed by atoms with Crippen LogP contribution in [0.4, 0.5) is 0 Å². The third-order valence-electron chi connectivity index (χ3n) is 2.71. The van der Waals surface area contributed by atoms with Gasteiger partial charge in [-0.25, -0.2) is 0 Å². The van der Waals surface area contributed by atoms with Gasteiger partial charge in [0, 0.05) is 13.7 Å². The van der Waals surface area contributed by atoms with Gasteiger partial charge in [0.1, 0.15) is 0 Å². The molecule has 1 rings (SSSR count). The molecule has 0 aliphatic carbocycles. The van der Waals surface area contributed by atoms with E-state index in [1.54, 1.807) is 7.11 Å². The standard InChI is InChI=1S/C14H20O4/c1-17-10-11-18-9-5-8-13(14(15)16)12-6-3-2-4-7-12/h2-4,6-7,13H,5,8-11H2,1H3,(H,15,16). The van der Waals surface area contributed by atoms with Gasteiger partial charge in [-0.15, -0.1) is 0 Å². The second-order valence-electron chi connectivity index (χ2n) is 4.05. The summed E-state index contributed by atoms with van der Waals surface area (Å²) in [5.41, 5.74) is 0.849. The maximum absolute atomic E-state index is 11.2. The molecule has 0 saturated heterocycles. The summed E-state index contributed by atoms with van der Waals surface area (Å²) in [6, 6.07) is 9.31. The minimum atomic E-state index is -0.780. The number of ether oxygens (including phenoxy) is 2. The topological polar surface area (TPSA) is 55.8 Å². The van der Waals surface area contributed by atoms with E-state index in [2.05, 4.69) is 0 Å². The molecule has 0 aliphatic rings. The van der Waals surface area contributed by atoms with Gasteiger partial charge in [-0.05, 0) is 18.4 Å². The van der Waals surface area contributed by atoms with Crippen molar-refractivity contribution >= 4 is 5.97 Å². The van der Waals surface area contributed by atoms with Crippen LogP contribution in [-0.2, 0) is 14.3 Å². The van der Waals surface area contributed by atoms with E-state index in [9.17, 15) is 9.90 Å².